The maximum Gasteiger partial charge on any atom is 0.270 e. The van der Waals surface area contributed by atoms with Gasteiger partial charge in [-0.1, -0.05) is 6.07 Å². The Bertz CT molecular complexity index is 881. The summed E-state index contributed by atoms with van der Waals surface area (Å²) in [4.78, 5) is 34.3. The lowest BCUT2D eigenvalue weighted by atomic mass is 10.2. The summed E-state index contributed by atoms with van der Waals surface area (Å²) in [5, 5.41) is 18.9. The SMILES string of the molecule is CC(C)NC(=O)c1ccc(NC(=S)NC(=O)c2cccc([N+](=O)[O-])c2)cc1. The number of nitro groups is 1. The predicted octanol–water partition coefficient (Wildman–Crippen LogP) is 2.86. The molecular formula is C18H18N4O4S. The lowest BCUT2D eigenvalue weighted by Crippen LogP contribution is -2.34. The minimum atomic E-state index is -0.579. The van der Waals surface area contributed by atoms with E-state index >= 15 is 0 Å². The molecule has 8 nitrogen and oxygen atoms in total. The van der Waals surface area contributed by atoms with Crippen molar-refractivity contribution in [2.75, 3.05) is 5.32 Å². The molecule has 0 fully saturated rings. The molecule has 140 valence electrons. The van der Waals surface area contributed by atoms with Crippen LogP contribution in [0.15, 0.2) is 48.5 Å². The fourth-order valence-electron chi connectivity index (χ4n) is 2.15. The number of thiocarbonyl (C=S) groups is 1. The van der Waals surface area contributed by atoms with Gasteiger partial charge in [-0.15, -0.1) is 0 Å². The first-order chi connectivity index (χ1) is 12.8. The molecule has 0 aliphatic heterocycles. The maximum atomic E-state index is 12.2. The van der Waals surface area contributed by atoms with E-state index in [1.807, 2.05) is 13.8 Å². The second-order valence-corrected chi connectivity index (χ2v) is 6.33. The Labute approximate surface area is 161 Å². The van der Waals surface area contributed by atoms with Crippen molar-refractivity contribution in [2.45, 2.75) is 19.9 Å². The number of nitrogens with zero attached hydrogens (tertiary/aromatic N) is 1. The number of carbonyl (C=O) groups excluding carboxylic acids is 2. The summed E-state index contributed by atoms with van der Waals surface area (Å²) in [6.07, 6.45) is 0. The first-order valence-corrected chi connectivity index (χ1v) is 8.45. The van der Waals surface area contributed by atoms with E-state index in [1.54, 1.807) is 24.3 Å². The van der Waals surface area contributed by atoms with Crippen LogP contribution in [0.5, 0.6) is 0 Å². The number of nitro benzene ring substituents is 1. The molecule has 0 atom stereocenters. The number of nitrogens with one attached hydrogen (secondary N) is 3. The van der Waals surface area contributed by atoms with Gasteiger partial charge in [-0.25, -0.2) is 0 Å². The van der Waals surface area contributed by atoms with Crippen LogP contribution in [0.4, 0.5) is 11.4 Å². The van der Waals surface area contributed by atoms with Gasteiger partial charge in [0.1, 0.15) is 0 Å². The highest BCUT2D eigenvalue weighted by Gasteiger charge is 2.13. The molecule has 2 aromatic carbocycles. The zero-order chi connectivity index (χ0) is 20.0. The Morgan fingerprint density at radius 3 is 2.30 bits per heavy atom. The Morgan fingerprint density at radius 1 is 1.04 bits per heavy atom. The van der Waals surface area contributed by atoms with E-state index < -0.39 is 10.8 Å². The highest BCUT2D eigenvalue weighted by atomic mass is 32.1. The summed E-state index contributed by atoms with van der Waals surface area (Å²) in [5.74, 6) is -0.748. The van der Waals surface area contributed by atoms with Crippen LogP contribution in [0.1, 0.15) is 34.6 Å². The minimum Gasteiger partial charge on any atom is -0.350 e. The van der Waals surface area contributed by atoms with E-state index in [4.69, 9.17) is 12.2 Å². The molecule has 0 radical (unpaired) electrons. The van der Waals surface area contributed by atoms with Crippen LogP contribution in [0, 0.1) is 10.1 Å². The number of rotatable bonds is 5. The molecule has 2 amide bonds. The van der Waals surface area contributed by atoms with Gasteiger partial charge < -0.3 is 10.6 Å². The third-order valence-corrected chi connectivity index (χ3v) is 3.58. The Kier molecular flexibility index (Phi) is 6.56. The third kappa shape index (κ3) is 5.86. The zero-order valence-corrected chi connectivity index (χ0v) is 15.5. The summed E-state index contributed by atoms with van der Waals surface area (Å²) in [7, 11) is 0. The van der Waals surface area contributed by atoms with Gasteiger partial charge >= 0.3 is 0 Å². The molecule has 2 rings (SSSR count). The van der Waals surface area contributed by atoms with Crippen LogP contribution in [0.3, 0.4) is 0 Å². The van der Waals surface area contributed by atoms with Crippen LogP contribution in [-0.2, 0) is 0 Å². The summed E-state index contributed by atoms with van der Waals surface area (Å²) in [6, 6.07) is 11.9. The van der Waals surface area contributed by atoms with Crippen molar-refractivity contribution in [1.29, 1.82) is 0 Å². The summed E-state index contributed by atoms with van der Waals surface area (Å²) >= 11 is 5.08. The Morgan fingerprint density at radius 2 is 1.70 bits per heavy atom. The third-order valence-electron chi connectivity index (χ3n) is 3.37. The molecule has 0 spiro atoms. The second kappa shape index (κ2) is 8.86. The van der Waals surface area contributed by atoms with Gasteiger partial charge in [0.2, 0.25) is 0 Å². The number of anilines is 1. The maximum absolute atomic E-state index is 12.2. The topological polar surface area (TPSA) is 113 Å². The van der Waals surface area contributed by atoms with Crippen LogP contribution in [-0.4, -0.2) is 27.9 Å². The molecular weight excluding hydrogens is 368 g/mol. The molecule has 0 saturated carbocycles. The van der Waals surface area contributed by atoms with E-state index in [0.29, 0.717) is 11.3 Å². The number of hydrogen-bond acceptors (Lipinski definition) is 5. The minimum absolute atomic E-state index is 0.0332. The largest absolute Gasteiger partial charge is 0.350 e. The van der Waals surface area contributed by atoms with E-state index in [1.165, 1.54) is 24.3 Å². The summed E-state index contributed by atoms with van der Waals surface area (Å²) in [5.41, 5.74) is 1.02. The molecule has 0 aliphatic rings. The van der Waals surface area contributed by atoms with Gasteiger partial charge in [0.15, 0.2) is 5.11 Å². The van der Waals surface area contributed by atoms with Gasteiger partial charge in [-0.2, -0.15) is 0 Å². The fourth-order valence-corrected chi connectivity index (χ4v) is 2.36. The molecule has 0 saturated heterocycles. The van der Waals surface area contributed by atoms with Gasteiger partial charge in [-0.05, 0) is 56.4 Å². The van der Waals surface area contributed by atoms with Crippen molar-refractivity contribution in [3.63, 3.8) is 0 Å². The molecule has 0 aliphatic carbocycles. The van der Waals surface area contributed by atoms with Crippen LogP contribution >= 0.6 is 12.2 Å². The van der Waals surface area contributed by atoms with Crippen LogP contribution < -0.4 is 16.0 Å². The molecule has 27 heavy (non-hydrogen) atoms. The van der Waals surface area contributed by atoms with Gasteiger partial charge in [-0.3, -0.25) is 25.0 Å². The van der Waals surface area contributed by atoms with Crippen molar-refractivity contribution in [3.8, 4) is 0 Å². The van der Waals surface area contributed by atoms with Crippen molar-refractivity contribution >= 4 is 40.5 Å². The molecule has 0 unspecified atom stereocenters. The summed E-state index contributed by atoms with van der Waals surface area (Å²) in [6.45, 7) is 3.74. The van der Waals surface area contributed by atoms with E-state index in [0.717, 1.165) is 0 Å². The smallest absolute Gasteiger partial charge is 0.270 e. The first kappa shape index (κ1) is 20.0. The van der Waals surface area contributed by atoms with E-state index in [-0.39, 0.29) is 28.3 Å². The van der Waals surface area contributed by atoms with Crippen LogP contribution in [0.25, 0.3) is 0 Å². The van der Waals surface area contributed by atoms with Crippen molar-refractivity contribution in [2.24, 2.45) is 0 Å². The average molecular weight is 386 g/mol. The van der Waals surface area contributed by atoms with Crippen molar-refractivity contribution < 1.29 is 14.5 Å². The molecule has 0 bridgehead atoms. The monoisotopic (exact) mass is 386 g/mol. The molecule has 2 aromatic rings. The highest BCUT2D eigenvalue weighted by molar-refractivity contribution is 7.80. The van der Waals surface area contributed by atoms with Crippen molar-refractivity contribution in [1.82, 2.24) is 10.6 Å². The molecule has 0 aromatic heterocycles. The Hall–Kier alpha value is -3.33. The second-order valence-electron chi connectivity index (χ2n) is 5.92. The predicted molar refractivity (Wildman–Crippen MR) is 106 cm³/mol. The van der Waals surface area contributed by atoms with Gasteiger partial charge in [0, 0.05) is 35.0 Å². The molecule has 9 heteroatoms. The number of amides is 2. The molecule has 0 heterocycles. The Balaban J connectivity index is 1.97. The van der Waals surface area contributed by atoms with E-state index in [2.05, 4.69) is 16.0 Å². The lowest BCUT2D eigenvalue weighted by molar-refractivity contribution is -0.384. The standard InChI is InChI=1S/C18H18N4O4S/c1-11(2)19-16(23)12-6-8-14(9-7-12)20-18(27)21-17(24)13-4-3-5-15(10-13)22(25)26/h3-11H,1-2H3,(H,19,23)(H2,20,21,24,27). The van der Waals surface area contributed by atoms with Crippen molar-refractivity contribution in [3.05, 3.63) is 69.8 Å². The number of hydrogen-bond donors (Lipinski definition) is 3. The zero-order valence-electron chi connectivity index (χ0n) is 14.7. The quantitative estimate of drug-likeness (QED) is 0.414. The van der Waals surface area contributed by atoms with Crippen LogP contribution in [0.2, 0.25) is 0 Å². The lowest BCUT2D eigenvalue weighted by Gasteiger charge is -2.11. The highest BCUT2D eigenvalue weighted by Crippen LogP contribution is 2.13. The number of benzene rings is 2. The first-order valence-electron chi connectivity index (χ1n) is 8.04. The summed E-state index contributed by atoms with van der Waals surface area (Å²) < 4.78 is 0. The number of carbonyl (C=O) groups is 2. The normalized spacial score (nSPS) is 10.2. The average Bonchev–Trinajstić information content (AvgIpc) is 2.61. The van der Waals surface area contributed by atoms with E-state index in [9.17, 15) is 19.7 Å². The van der Waals surface area contributed by atoms with Gasteiger partial charge in [0.25, 0.3) is 17.5 Å². The fraction of sp³-hybridized carbons (Fsp3) is 0.167. The molecule has 3 N–H and O–H groups in total. The van der Waals surface area contributed by atoms with Gasteiger partial charge in [0.05, 0.1) is 4.92 Å². The number of non-ortho nitro benzene ring substituents is 1.